The Morgan fingerprint density at radius 1 is 1.00 bits per heavy atom. The van der Waals surface area contributed by atoms with Crippen LogP contribution < -0.4 is 15.5 Å². The minimum Gasteiger partial charge on any atom is -0.508 e. The van der Waals surface area contributed by atoms with Gasteiger partial charge in [-0.3, -0.25) is 4.79 Å². The molecule has 1 aromatic heterocycles. The van der Waals surface area contributed by atoms with E-state index < -0.39 is 58.4 Å². The second-order valence-corrected chi connectivity index (χ2v) is 7.96. The van der Waals surface area contributed by atoms with E-state index >= 15 is 0 Å². The molecule has 1 heterocycles. The normalized spacial score (nSPS) is 11.2. The number of alkyl carbamates (subject to hydrolysis) is 1. The fraction of sp³-hybridized carbons (Fsp3) is 0.227. The first-order valence-electron chi connectivity index (χ1n) is 9.58. The number of carbonyl (C=O) groups is 2. The number of hydrogen-bond acceptors (Lipinski definition) is 10. The van der Waals surface area contributed by atoms with Gasteiger partial charge in [-0.05, 0) is 39.0 Å². The average molecular weight is 459 g/mol. The fourth-order valence-corrected chi connectivity index (χ4v) is 2.82. The van der Waals surface area contributed by atoms with Gasteiger partial charge in [0.05, 0.1) is 0 Å². The highest BCUT2D eigenvalue weighted by molar-refractivity contribution is 5.90. The molecule has 0 atom stereocenters. The largest absolute Gasteiger partial charge is 0.508 e. The molecule has 1 amide bonds. The van der Waals surface area contributed by atoms with E-state index in [0.717, 1.165) is 24.3 Å². The summed E-state index contributed by atoms with van der Waals surface area (Å²) in [6, 6.07) is 5.41. The Hall–Kier alpha value is -4.41. The van der Waals surface area contributed by atoms with Crippen molar-refractivity contribution in [3.8, 4) is 40.1 Å². The number of ether oxygens (including phenoxy) is 2. The number of phenols is 4. The maximum absolute atomic E-state index is 13.1. The fourth-order valence-electron chi connectivity index (χ4n) is 2.82. The third-order valence-corrected chi connectivity index (χ3v) is 4.15. The molecule has 0 saturated carbocycles. The summed E-state index contributed by atoms with van der Waals surface area (Å²) in [5, 5.41) is 41.0. The van der Waals surface area contributed by atoms with Crippen molar-refractivity contribution in [2.45, 2.75) is 26.4 Å². The van der Waals surface area contributed by atoms with Crippen molar-refractivity contribution in [3.63, 3.8) is 0 Å². The molecule has 0 aliphatic rings. The summed E-state index contributed by atoms with van der Waals surface area (Å²) in [5.74, 6) is -4.05. The van der Waals surface area contributed by atoms with Crippen LogP contribution in [-0.2, 0) is 9.53 Å². The predicted octanol–water partition coefficient (Wildman–Crippen LogP) is 2.71. The van der Waals surface area contributed by atoms with Crippen LogP contribution in [-0.4, -0.2) is 44.6 Å². The highest BCUT2D eigenvalue weighted by Gasteiger charge is 2.24. The van der Waals surface area contributed by atoms with Gasteiger partial charge in [0.25, 0.3) is 0 Å². The third-order valence-electron chi connectivity index (χ3n) is 4.15. The van der Waals surface area contributed by atoms with Crippen LogP contribution in [0.15, 0.2) is 39.5 Å². The number of phenolic OH excluding ortho intramolecular Hbond substituents is 4. The zero-order valence-corrected chi connectivity index (χ0v) is 17.8. The van der Waals surface area contributed by atoms with Gasteiger partial charge in [0.1, 0.15) is 34.6 Å². The second-order valence-electron chi connectivity index (χ2n) is 7.96. The van der Waals surface area contributed by atoms with Crippen molar-refractivity contribution in [2.24, 2.45) is 0 Å². The Labute approximate surface area is 186 Å². The van der Waals surface area contributed by atoms with Crippen LogP contribution in [0, 0.1) is 0 Å². The number of fused-ring (bicyclic) bond motifs is 1. The number of amides is 1. The monoisotopic (exact) mass is 459 g/mol. The molecule has 3 aromatic rings. The average Bonchev–Trinajstić information content (AvgIpc) is 2.68. The minimum atomic E-state index is -1.06. The van der Waals surface area contributed by atoms with Gasteiger partial charge in [0.2, 0.25) is 11.2 Å². The molecule has 11 heteroatoms. The van der Waals surface area contributed by atoms with Gasteiger partial charge < -0.3 is 39.6 Å². The molecule has 0 aliphatic carbocycles. The lowest BCUT2D eigenvalue weighted by atomic mass is 10.1. The summed E-state index contributed by atoms with van der Waals surface area (Å²) in [6.45, 7) is 4.24. The van der Waals surface area contributed by atoms with E-state index in [1.165, 1.54) is 6.07 Å². The lowest BCUT2D eigenvalue weighted by Gasteiger charge is -2.19. The Morgan fingerprint density at radius 3 is 2.33 bits per heavy atom. The Bertz CT molecular complexity index is 1300. The third kappa shape index (κ3) is 5.26. The molecule has 2 aromatic carbocycles. The van der Waals surface area contributed by atoms with E-state index in [0.29, 0.717) is 0 Å². The van der Waals surface area contributed by atoms with Crippen LogP contribution >= 0.6 is 0 Å². The second kappa shape index (κ2) is 8.61. The molecule has 174 valence electrons. The summed E-state index contributed by atoms with van der Waals surface area (Å²) >= 11 is 0. The van der Waals surface area contributed by atoms with Gasteiger partial charge in [0.15, 0.2) is 17.3 Å². The number of rotatable bonds is 4. The predicted molar refractivity (Wildman–Crippen MR) is 114 cm³/mol. The highest BCUT2D eigenvalue weighted by Crippen LogP contribution is 2.38. The van der Waals surface area contributed by atoms with E-state index in [-0.39, 0.29) is 22.3 Å². The van der Waals surface area contributed by atoms with Crippen molar-refractivity contribution < 1.29 is 43.9 Å². The van der Waals surface area contributed by atoms with Crippen LogP contribution in [0.5, 0.6) is 28.7 Å². The van der Waals surface area contributed by atoms with Gasteiger partial charge in [-0.2, -0.15) is 0 Å². The van der Waals surface area contributed by atoms with Crippen molar-refractivity contribution in [1.82, 2.24) is 5.32 Å². The quantitative estimate of drug-likeness (QED) is 0.288. The first-order chi connectivity index (χ1) is 15.4. The summed E-state index contributed by atoms with van der Waals surface area (Å²) < 4.78 is 15.8. The summed E-state index contributed by atoms with van der Waals surface area (Å²) in [5.41, 5.74) is -1.95. The number of hydrogen-bond donors (Lipinski definition) is 5. The van der Waals surface area contributed by atoms with Gasteiger partial charge >= 0.3 is 12.1 Å². The smallest absolute Gasteiger partial charge is 0.408 e. The van der Waals surface area contributed by atoms with Gasteiger partial charge in [-0.15, -0.1) is 0 Å². The maximum atomic E-state index is 13.1. The SMILES string of the molecule is CC(C)(C)OC(=O)NCC(=O)Oc1c(-c2ccc(O)c(O)c2)oc2cc(O)cc(O)c2c1=O. The van der Waals surface area contributed by atoms with E-state index in [1.807, 2.05) is 0 Å². The topological polar surface area (TPSA) is 176 Å². The molecular weight excluding hydrogens is 438 g/mol. The van der Waals surface area contributed by atoms with Crippen LogP contribution in [0.4, 0.5) is 4.79 Å². The number of nitrogens with one attached hydrogen (secondary N) is 1. The molecule has 0 spiro atoms. The van der Waals surface area contributed by atoms with E-state index in [4.69, 9.17) is 13.9 Å². The summed E-state index contributed by atoms with van der Waals surface area (Å²) in [7, 11) is 0. The molecule has 0 bridgehead atoms. The summed E-state index contributed by atoms with van der Waals surface area (Å²) in [6.07, 6.45) is -0.887. The van der Waals surface area contributed by atoms with Crippen LogP contribution in [0.2, 0.25) is 0 Å². The Kier molecular flexibility index (Phi) is 6.07. The maximum Gasteiger partial charge on any atom is 0.408 e. The zero-order valence-electron chi connectivity index (χ0n) is 17.8. The molecule has 0 saturated heterocycles. The van der Waals surface area contributed by atoms with E-state index in [2.05, 4.69) is 5.32 Å². The standard InChI is InChI=1S/C22H21NO10/c1-22(2,3)33-21(30)23-9-16(28)32-20-18(29)17-14(27)7-11(24)8-15(17)31-19(20)10-4-5-12(25)13(26)6-10/h4-8,24-27H,9H2,1-3H3,(H,23,30). The zero-order chi connectivity index (χ0) is 24.5. The molecular formula is C22H21NO10. The Morgan fingerprint density at radius 2 is 1.70 bits per heavy atom. The molecule has 3 rings (SSSR count). The van der Waals surface area contributed by atoms with Crippen LogP contribution in [0.3, 0.4) is 0 Å². The van der Waals surface area contributed by atoms with Crippen LogP contribution in [0.1, 0.15) is 20.8 Å². The minimum absolute atomic E-state index is 0.0371. The number of aromatic hydroxyl groups is 4. The number of benzene rings is 2. The Balaban J connectivity index is 2.04. The molecule has 11 nitrogen and oxygen atoms in total. The van der Waals surface area contributed by atoms with Crippen LogP contribution in [0.25, 0.3) is 22.3 Å². The molecule has 5 N–H and O–H groups in total. The molecule has 0 unspecified atom stereocenters. The van der Waals surface area contributed by atoms with Gasteiger partial charge in [-0.25, -0.2) is 9.59 Å². The van der Waals surface area contributed by atoms with E-state index in [9.17, 15) is 34.8 Å². The molecule has 0 aliphatic heterocycles. The highest BCUT2D eigenvalue weighted by atomic mass is 16.6. The lowest BCUT2D eigenvalue weighted by Crippen LogP contribution is -2.37. The van der Waals surface area contributed by atoms with Gasteiger partial charge in [-0.1, -0.05) is 0 Å². The first kappa shape index (κ1) is 23.3. The number of carbonyl (C=O) groups excluding carboxylic acids is 2. The lowest BCUT2D eigenvalue weighted by molar-refractivity contribution is -0.133. The van der Waals surface area contributed by atoms with Crippen molar-refractivity contribution in [3.05, 3.63) is 40.6 Å². The van der Waals surface area contributed by atoms with Crippen molar-refractivity contribution in [2.75, 3.05) is 6.54 Å². The summed E-state index contributed by atoms with van der Waals surface area (Å²) in [4.78, 5) is 37.2. The van der Waals surface area contributed by atoms with Crippen molar-refractivity contribution in [1.29, 1.82) is 0 Å². The first-order valence-corrected chi connectivity index (χ1v) is 9.58. The molecule has 0 radical (unpaired) electrons. The van der Waals surface area contributed by atoms with Gasteiger partial charge in [0, 0.05) is 17.7 Å². The van der Waals surface area contributed by atoms with Crippen molar-refractivity contribution >= 4 is 23.0 Å². The van der Waals surface area contributed by atoms with E-state index in [1.54, 1.807) is 20.8 Å². The molecule has 0 fully saturated rings. The number of esters is 1. The molecule has 33 heavy (non-hydrogen) atoms.